The molecule has 1 unspecified atom stereocenters. The summed E-state index contributed by atoms with van der Waals surface area (Å²) in [5.74, 6) is -0.806. The number of hydrogen-bond donors (Lipinski definition) is 0. The first-order valence-corrected chi connectivity index (χ1v) is 4.82. The van der Waals surface area contributed by atoms with Crippen LogP contribution in [-0.4, -0.2) is 26.2 Å². The van der Waals surface area contributed by atoms with E-state index in [2.05, 4.69) is 11.3 Å². The van der Waals surface area contributed by atoms with Crippen molar-refractivity contribution in [1.29, 1.82) is 0 Å². The van der Waals surface area contributed by atoms with Crippen molar-refractivity contribution in [3.05, 3.63) is 12.7 Å². The molecule has 4 nitrogen and oxygen atoms in total. The molecule has 4 heteroatoms. The Hall–Kier alpha value is -1.32. The Kier molecular flexibility index (Phi) is 5.67. The summed E-state index contributed by atoms with van der Waals surface area (Å²) < 4.78 is 9.28. The molecule has 0 spiro atoms. The molecule has 0 saturated carbocycles. The lowest BCUT2D eigenvalue weighted by molar-refractivity contribution is -0.159. The zero-order valence-electron chi connectivity index (χ0n) is 9.54. The molecule has 1 atom stereocenters. The number of rotatable bonds is 6. The van der Waals surface area contributed by atoms with E-state index in [1.165, 1.54) is 14.2 Å². The SMILES string of the molecule is C=CCC(CC)(CC(=O)OC)C(=O)OC. The maximum absolute atomic E-state index is 11.6. The van der Waals surface area contributed by atoms with E-state index in [0.717, 1.165) is 0 Å². The first kappa shape index (κ1) is 13.7. The van der Waals surface area contributed by atoms with Crippen LogP contribution in [0.3, 0.4) is 0 Å². The van der Waals surface area contributed by atoms with Crippen molar-refractivity contribution in [3.63, 3.8) is 0 Å². The molecule has 0 N–H and O–H groups in total. The number of carbonyl (C=O) groups is 2. The van der Waals surface area contributed by atoms with Crippen molar-refractivity contribution >= 4 is 11.9 Å². The Morgan fingerprint density at radius 3 is 2.27 bits per heavy atom. The van der Waals surface area contributed by atoms with Crippen molar-refractivity contribution in [2.24, 2.45) is 5.41 Å². The fourth-order valence-corrected chi connectivity index (χ4v) is 1.48. The molecule has 0 aromatic heterocycles. The van der Waals surface area contributed by atoms with E-state index in [1.807, 2.05) is 6.92 Å². The summed E-state index contributed by atoms with van der Waals surface area (Å²) in [5, 5.41) is 0. The average molecular weight is 214 g/mol. The molecule has 0 fully saturated rings. The van der Waals surface area contributed by atoms with Crippen LogP contribution < -0.4 is 0 Å². The predicted octanol–water partition coefficient (Wildman–Crippen LogP) is 1.70. The van der Waals surface area contributed by atoms with Crippen LogP contribution in [-0.2, 0) is 19.1 Å². The quantitative estimate of drug-likeness (QED) is 0.498. The van der Waals surface area contributed by atoms with E-state index in [9.17, 15) is 9.59 Å². The minimum Gasteiger partial charge on any atom is -0.469 e. The van der Waals surface area contributed by atoms with Crippen LogP contribution in [0, 0.1) is 5.41 Å². The highest BCUT2D eigenvalue weighted by atomic mass is 16.5. The monoisotopic (exact) mass is 214 g/mol. The second kappa shape index (κ2) is 6.22. The van der Waals surface area contributed by atoms with Gasteiger partial charge in [-0.2, -0.15) is 0 Å². The van der Waals surface area contributed by atoms with Gasteiger partial charge in [0.2, 0.25) is 0 Å². The molecule has 0 aromatic carbocycles. The molecule has 0 aromatic rings. The summed E-state index contributed by atoms with van der Waals surface area (Å²) in [6.07, 6.45) is 2.56. The zero-order chi connectivity index (χ0) is 11.9. The second-order valence-corrected chi connectivity index (χ2v) is 3.37. The minimum atomic E-state index is -0.830. The largest absolute Gasteiger partial charge is 0.469 e. The molecular weight excluding hydrogens is 196 g/mol. The Bertz CT molecular complexity index is 247. The highest BCUT2D eigenvalue weighted by molar-refractivity contribution is 5.83. The molecule has 0 rings (SSSR count). The molecule has 0 saturated heterocycles. The number of ether oxygens (including phenoxy) is 2. The normalized spacial score (nSPS) is 13.8. The van der Waals surface area contributed by atoms with Gasteiger partial charge in [0.25, 0.3) is 0 Å². The third-order valence-electron chi connectivity index (χ3n) is 2.54. The first-order chi connectivity index (χ1) is 7.06. The van der Waals surface area contributed by atoms with Gasteiger partial charge in [0, 0.05) is 0 Å². The van der Waals surface area contributed by atoms with Gasteiger partial charge in [-0.1, -0.05) is 13.0 Å². The summed E-state index contributed by atoms with van der Waals surface area (Å²) in [6.45, 7) is 5.42. The van der Waals surface area contributed by atoms with Gasteiger partial charge in [0.05, 0.1) is 26.1 Å². The molecular formula is C11H18O4. The highest BCUT2D eigenvalue weighted by Crippen LogP contribution is 2.33. The van der Waals surface area contributed by atoms with Crippen molar-refractivity contribution in [2.45, 2.75) is 26.2 Å². The molecule has 0 bridgehead atoms. The molecule has 0 aliphatic carbocycles. The summed E-state index contributed by atoms with van der Waals surface area (Å²) in [4.78, 5) is 22.8. The lowest BCUT2D eigenvalue weighted by Gasteiger charge is -2.27. The number of esters is 2. The topological polar surface area (TPSA) is 52.6 Å². The molecule has 0 heterocycles. The number of carbonyl (C=O) groups excluding carboxylic acids is 2. The highest BCUT2D eigenvalue weighted by Gasteiger charge is 2.39. The van der Waals surface area contributed by atoms with Crippen molar-refractivity contribution < 1.29 is 19.1 Å². The van der Waals surface area contributed by atoms with Crippen LogP contribution in [0.2, 0.25) is 0 Å². The molecule has 15 heavy (non-hydrogen) atoms. The van der Waals surface area contributed by atoms with Crippen LogP contribution in [0.1, 0.15) is 26.2 Å². The Labute approximate surface area is 90.2 Å². The van der Waals surface area contributed by atoms with Crippen LogP contribution in [0.4, 0.5) is 0 Å². The Morgan fingerprint density at radius 1 is 1.33 bits per heavy atom. The first-order valence-electron chi connectivity index (χ1n) is 4.82. The van der Waals surface area contributed by atoms with Crippen LogP contribution in [0.15, 0.2) is 12.7 Å². The second-order valence-electron chi connectivity index (χ2n) is 3.37. The molecule has 0 aliphatic heterocycles. The van der Waals surface area contributed by atoms with Crippen molar-refractivity contribution in [2.75, 3.05) is 14.2 Å². The van der Waals surface area contributed by atoms with E-state index in [0.29, 0.717) is 12.8 Å². The van der Waals surface area contributed by atoms with Gasteiger partial charge < -0.3 is 9.47 Å². The molecule has 86 valence electrons. The van der Waals surface area contributed by atoms with E-state index in [4.69, 9.17) is 4.74 Å². The van der Waals surface area contributed by atoms with E-state index in [-0.39, 0.29) is 6.42 Å². The third-order valence-corrected chi connectivity index (χ3v) is 2.54. The van der Waals surface area contributed by atoms with Gasteiger partial charge >= 0.3 is 11.9 Å². The zero-order valence-corrected chi connectivity index (χ0v) is 9.54. The summed E-state index contributed by atoms with van der Waals surface area (Å²) in [6, 6.07) is 0. The van der Waals surface area contributed by atoms with E-state index >= 15 is 0 Å². The fourth-order valence-electron chi connectivity index (χ4n) is 1.48. The molecule has 0 amide bonds. The maximum Gasteiger partial charge on any atom is 0.312 e. The smallest absolute Gasteiger partial charge is 0.312 e. The lowest BCUT2D eigenvalue weighted by atomic mass is 9.78. The van der Waals surface area contributed by atoms with Crippen molar-refractivity contribution in [1.82, 2.24) is 0 Å². The van der Waals surface area contributed by atoms with Gasteiger partial charge in [0.1, 0.15) is 0 Å². The van der Waals surface area contributed by atoms with Crippen molar-refractivity contribution in [3.8, 4) is 0 Å². The van der Waals surface area contributed by atoms with Crippen LogP contribution in [0.25, 0.3) is 0 Å². The number of hydrogen-bond acceptors (Lipinski definition) is 4. The lowest BCUT2D eigenvalue weighted by Crippen LogP contribution is -2.34. The van der Waals surface area contributed by atoms with Crippen LogP contribution >= 0.6 is 0 Å². The third kappa shape index (κ3) is 3.38. The number of allylic oxidation sites excluding steroid dienone is 1. The van der Waals surface area contributed by atoms with E-state index < -0.39 is 17.4 Å². The maximum atomic E-state index is 11.6. The summed E-state index contributed by atoms with van der Waals surface area (Å²) >= 11 is 0. The Balaban J connectivity index is 4.87. The number of methoxy groups -OCH3 is 2. The van der Waals surface area contributed by atoms with Crippen LogP contribution in [0.5, 0.6) is 0 Å². The molecule has 0 radical (unpaired) electrons. The summed E-state index contributed by atoms with van der Waals surface area (Å²) in [5.41, 5.74) is -0.830. The molecule has 0 aliphatic rings. The minimum absolute atomic E-state index is 0.0265. The van der Waals surface area contributed by atoms with Gasteiger partial charge in [-0.05, 0) is 12.8 Å². The standard InChI is InChI=1S/C11H18O4/c1-5-7-11(6-2,10(13)15-4)8-9(12)14-3/h5H,1,6-8H2,2-4H3. The van der Waals surface area contributed by atoms with Gasteiger partial charge in [-0.15, -0.1) is 6.58 Å². The van der Waals surface area contributed by atoms with E-state index in [1.54, 1.807) is 6.08 Å². The van der Waals surface area contributed by atoms with Gasteiger partial charge in [0.15, 0.2) is 0 Å². The average Bonchev–Trinajstić information content (AvgIpc) is 2.26. The van der Waals surface area contributed by atoms with Gasteiger partial charge in [-0.3, -0.25) is 9.59 Å². The van der Waals surface area contributed by atoms with Gasteiger partial charge in [-0.25, -0.2) is 0 Å². The predicted molar refractivity (Wildman–Crippen MR) is 56.2 cm³/mol. The fraction of sp³-hybridized carbons (Fsp3) is 0.636. The summed E-state index contributed by atoms with van der Waals surface area (Å²) in [7, 11) is 2.61. The Morgan fingerprint density at radius 2 is 1.93 bits per heavy atom.